The Morgan fingerprint density at radius 2 is 2.04 bits per heavy atom. The van der Waals surface area contributed by atoms with E-state index in [0.717, 1.165) is 0 Å². The van der Waals surface area contributed by atoms with Gasteiger partial charge < -0.3 is 0 Å². The summed E-state index contributed by atoms with van der Waals surface area (Å²) in [5, 5.41) is 22.1. The van der Waals surface area contributed by atoms with E-state index in [1.54, 1.807) is 31.4 Å². The molecule has 0 aliphatic rings. The number of methoxy groups -OCH3 is 1. The van der Waals surface area contributed by atoms with Crippen LogP contribution >= 0.6 is 0 Å². The van der Waals surface area contributed by atoms with Crippen LogP contribution < -0.4 is 9.09 Å². The Labute approximate surface area is 160 Å². The predicted octanol–water partition coefficient (Wildman–Crippen LogP) is 1.82. The first-order chi connectivity index (χ1) is 13.0. The van der Waals surface area contributed by atoms with Gasteiger partial charge in [-0.15, -0.1) is 0 Å². The van der Waals surface area contributed by atoms with Gasteiger partial charge in [0, 0.05) is 0 Å². The Bertz CT molecular complexity index is 1070. The zero-order valence-electron chi connectivity index (χ0n) is 14.1. The Balaban J connectivity index is 1.85. The fourth-order valence-corrected chi connectivity index (χ4v) is 4.42. The molecule has 0 bridgehead atoms. The number of benzene rings is 2. The van der Waals surface area contributed by atoms with Gasteiger partial charge in [-0.1, -0.05) is 0 Å². The summed E-state index contributed by atoms with van der Waals surface area (Å²) in [7, 11) is 1.55. The van der Waals surface area contributed by atoms with E-state index in [-0.39, 0.29) is 21.4 Å². The Morgan fingerprint density at radius 3 is 2.74 bits per heavy atom. The maximum absolute atomic E-state index is 12.6. The van der Waals surface area contributed by atoms with Crippen molar-refractivity contribution in [2.45, 2.75) is 0 Å². The number of aromatic carboxylic acids is 1. The van der Waals surface area contributed by atoms with Gasteiger partial charge in [0.25, 0.3) is 0 Å². The molecule has 0 amide bonds. The number of hydrogen-bond acceptors (Lipinski definition) is 6. The molecular weight excluding hydrogens is 411 g/mol. The van der Waals surface area contributed by atoms with Crippen molar-refractivity contribution in [2.75, 3.05) is 7.11 Å². The minimum absolute atomic E-state index is 0.0288. The Morgan fingerprint density at radius 1 is 1.22 bits per heavy atom. The number of ether oxygens (including phenoxy) is 1. The van der Waals surface area contributed by atoms with Crippen molar-refractivity contribution in [3.05, 3.63) is 65.4 Å². The number of carboxylic acids is 1. The molecule has 1 N–H and O–H groups in total. The first-order valence-electron chi connectivity index (χ1n) is 7.71. The van der Waals surface area contributed by atoms with Crippen LogP contribution in [0.1, 0.15) is 26.4 Å². The summed E-state index contributed by atoms with van der Waals surface area (Å²) >= 11 is -1.49. The van der Waals surface area contributed by atoms with Gasteiger partial charge in [-0.25, -0.2) is 0 Å². The van der Waals surface area contributed by atoms with Gasteiger partial charge in [0.1, 0.15) is 0 Å². The number of carbonyl (C=O) groups excluding carboxylic acids is 1. The number of rotatable bonds is 6. The summed E-state index contributed by atoms with van der Waals surface area (Å²) in [5.74, 6) is -0.105. The summed E-state index contributed by atoms with van der Waals surface area (Å²) in [6, 6.07) is 14.9. The number of carbonyl (C=O) groups is 2. The molecule has 27 heavy (non-hydrogen) atoms. The second kappa shape index (κ2) is 7.90. The molecule has 1 heterocycles. The van der Waals surface area contributed by atoms with E-state index in [1.807, 2.05) is 6.07 Å². The average molecular weight is 424 g/mol. The Kier molecular flexibility index (Phi) is 5.39. The molecule has 1 aromatic heterocycles. The number of aromatic nitrogens is 1. The van der Waals surface area contributed by atoms with Crippen molar-refractivity contribution in [3.63, 3.8) is 0 Å². The van der Waals surface area contributed by atoms with Crippen molar-refractivity contribution in [1.29, 1.82) is 5.26 Å². The summed E-state index contributed by atoms with van der Waals surface area (Å²) in [5.41, 5.74) is 1.06. The van der Waals surface area contributed by atoms with Crippen molar-refractivity contribution >= 4 is 30.6 Å². The van der Waals surface area contributed by atoms with E-state index in [0.29, 0.717) is 21.4 Å². The number of nitriles is 1. The van der Waals surface area contributed by atoms with Crippen LogP contribution in [0.4, 0.5) is 0 Å². The van der Waals surface area contributed by atoms with Gasteiger partial charge >= 0.3 is 161 Å². The number of nitrogens with zero attached hydrogens (tertiary/aromatic N) is 2. The molecule has 0 aliphatic heterocycles. The van der Waals surface area contributed by atoms with E-state index in [2.05, 4.69) is 5.16 Å². The molecule has 0 radical (unpaired) electrons. The first kappa shape index (κ1) is 18.4. The fraction of sp³-hybridized carbons (Fsp3) is 0.0526. The van der Waals surface area contributed by atoms with Crippen molar-refractivity contribution in [3.8, 4) is 23.1 Å². The fourth-order valence-electron chi connectivity index (χ4n) is 2.38. The van der Waals surface area contributed by atoms with Crippen LogP contribution in [0.3, 0.4) is 0 Å². The molecule has 3 rings (SSSR count). The van der Waals surface area contributed by atoms with Gasteiger partial charge in [-0.05, 0) is 0 Å². The number of carboxylic acid groups (broad SMARTS) is 1. The number of hydrogen-bond donors (Lipinski definition) is 1. The predicted molar refractivity (Wildman–Crippen MR) is 97.7 cm³/mol. The van der Waals surface area contributed by atoms with E-state index in [9.17, 15) is 14.7 Å². The molecule has 7 nitrogen and oxygen atoms in total. The molecule has 2 aromatic carbocycles. The maximum atomic E-state index is 12.6. The first-order valence-corrected chi connectivity index (χ1v) is 9.81. The molecule has 1 atom stereocenters. The zero-order chi connectivity index (χ0) is 19.4. The molecule has 0 spiro atoms. The van der Waals surface area contributed by atoms with Crippen molar-refractivity contribution in [1.82, 2.24) is 5.16 Å². The van der Waals surface area contributed by atoms with Crippen LogP contribution in [0.25, 0.3) is 11.3 Å². The van der Waals surface area contributed by atoms with Gasteiger partial charge in [0.2, 0.25) is 0 Å². The molecule has 0 fully saturated rings. The van der Waals surface area contributed by atoms with Crippen LogP contribution in [-0.2, 0) is 0 Å². The van der Waals surface area contributed by atoms with Gasteiger partial charge in [0.15, 0.2) is 0 Å². The molecule has 0 saturated carbocycles. The summed E-state index contributed by atoms with van der Waals surface area (Å²) in [6.45, 7) is 0. The normalized spacial score (nSPS) is 10.7. The molecule has 0 saturated heterocycles. The monoisotopic (exact) mass is 424 g/mol. The molecular formula is C19H13AsN2O5. The van der Waals surface area contributed by atoms with Gasteiger partial charge in [-0.3, -0.25) is 0 Å². The third-order valence-corrected chi connectivity index (χ3v) is 6.22. The van der Waals surface area contributed by atoms with E-state index < -0.39 is 21.7 Å². The van der Waals surface area contributed by atoms with E-state index >= 15 is 0 Å². The minimum atomic E-state index is -1.49. The van der Waals surface area contributed by atoms with E-state index in [1.165, 1.54) is 24.3 Å². The summed E-state index contributed by atoms with van der Waals surface area (Å²) in [6.07, 6.45) is 0. The second-order valence-electron chi connectivity index (χ2n) is 5.44. The molecule has 8 heteroatoms. The third kappa shape index (κ3) is 4.08. The van der Waals surface area contributed by atoms with Crippen LogP contribution in [0.15, 0.2) is 53.1 Å². The second-order valence-corrected chi connectivity index (χ2v) is 8.05. The van der Waals surface area contributed by atoms with Crippen LogP contribution in [-0.4, -0.2) is 43.7 Å². The van der Waals surface area contributed by atoms with Crippen molar-refractivity contribution in [2.24, 2.45) is 0 Å². The Hall–Kier alpha value is -3.36. The zero-order valence-corrected chi connectivity index (χ0v) is 16.2. The van der Waals surface area contributed by atoms with Crippen LogP contribution in [0.5, 0.6) is 5.75 Å². The van der Waals surface area contributed by atoms with Gasteiger partial charge in [-0.2, -0.15) is 0 Å². The SMILES string of the molecule is COc1cccc(-c2cc(C(=O)[AsH]c3ccc(C#N)cc3C(=O)O)no2)c1. The molecule has 1 unspecified atom stereocenters. The van der Waals surface area contributed by atoms with Crippen molar-refractivity contribution < 1.29 is 24.0 Å². The third-order valence-electron chi connectivity index (χ3n) is 3.72. The van der Waals surface area contributed by atoms with Crippen LogP contribution in [0, 0.1) is 11.3 Å². The average Bonchev–Trinajstić information content (AvgIpc) is 3.18. The summed E-state index contributed by atoms with van der Waals surface area (Å²) in [4.78, 5) is 24.0. The molecule has 0 aliphatic carbocycles. The van der Waals surface area contributed by atoms with E-state index in [4.69, 9.17) is 14.5 Å². The molecule has 134 valence electrons. The standard InChI is InChI=1S/C19H13AsN2O5/c1-26-13-4-2-3-12(8-13)17-9-16(22-27-17)18(23)20-15-6-5-11(10-21)7-14(15)19(24)25/h2-9,20H,1H3,(H,24,25). The van der Waals surface area contributed by atoms with Crippen LogP contribution in [0.2, 0.25) is 0 Å². The molecule has 3 aromatic rings. The topological polar surface area (TPSA) is 113 Å². The summed E-state index contributed by atoms with van der Waals surface area (Å²) < 4.78 is 10.6. The van der Waals surface area contributed by atoms with Gasteiger partial charge in [0.05, 0.1) is 0 Å². The quantitative estimate of drug-likeness (QED) is 0.601.